The Morgan fingerprint density at radius 1 is 1.10 bits per heavy atom. The topological polar surface area (TPSA) is 92.4 Å². The Morgan fingerprint density at radius 3 is 2.25 bits per heavy atom. The summed E-state index contributed by atoms with van der Waals surface area (Å²) in [7, 11) is -4.22. The maximum atomic E-state index is 13.4. The first kappa shape index (κ1) is 14.1. The molecule has 0 unspecified atom stereocenters. The smallest absolute Gasteiger partial charge is 0.262 e. The van der Waals surface area contributed by atoms with Gasteiger partial charge in [-0.1, -0.05) is 6.07 Å². The second kappa shape index (κ2) is 4.97. The van der Waals surface area contributed by atoms with Gasteiger partial charge in [0, 0.05) is 0 Å². The van der Waals surface area contributed by atoms with E-state index in [1.807, 2.05) is 0 Å². The van der Waals surface area contributed by atoms with Crippen LogP contribution in [0.5, 0.6) is 5.75 Å². The van der Waals surface area contributed by atoms with Gasteiger partial charge >= 0.3 is 0 Å². The van der Waals surface area contributed by atoms with Gasteiger partial charge in [-0.25, -0.2) is 17.2 Å². The van der Waals surface area contributed by atoms with Crippen molar-refractivity contribution in [1.82, 2.24) is 0 Å². The van der Waals surface area contributed by atoms with Crippen molar-refractivity contribution in [3.63, 3.8) is 0 Å². The van der Waals surface area contributed by atoms with Gasteiger partial charge in [-0.15, -0.1) is 0 Å². The van der Waals surface area contributed by atoms with Crippen molar-refractivity contribution in [3.05, 3.63) is 48.0 Å². The highest BCUT2D eigenvalue weighted by molar-refractivity contribution is 7.92. The van der Waals surface area contributed by atoms with E-state index in [2.05, 4.69) is 0 Å². The van der Waals surface area contributed by atoms with Crippen LogP contribution in [0.1, 0.15) is 0 Å². The predicted molar refractivity (Wildman–Crippen MR) is 69.7 cm³/mol. The second-order valence-electron chi connectivity index (χ2n) is 3.92. The zero-order chi connectivity index (χ0) is 14.9. The number of aromatic hydroxyl groups is 1. The first-order chi connectivity index (χ1) is 9.31. The number of hydrogen-bond acceptors (Lipinski definition) is 4. The lowest BCUT2D eigenvalue weighted by atomic mass is 10.3. The van der Waals surface area contributed by atoms with Gasteiger partial charge in [0.15, 0.2) is 0 Å². The summed E-state index contributed by atoms with van der Waals surface area (Å²) in [4.78, 5) is -0.324. The number of phenolic OH excluding ortho intramolecular Hbond substituents is 1. The summed E-state index contributed by atoms with van der Waals surface area (Å²) in [5.41, 5.74) is 4.44. The van der Waals surface area contributed by atoms with Crippen LogP contribution in [0, 0.1) is 11.6 Å². The highest BCUT2D eigenvalue weighted by atomic mass is 32.2. The first-order valence-electron chi connectivity index (χ1n) is 5.36. The molecule has 2 rings (SSSR count). The zero-order valence-electron chi connectivity index (χ0n) is 9.97. The van der Waals surface area contributed by atoms with Gasteiger partial charge < -0.3 is 10.8 Å². The molecule has 2 aromatic rings. The lowest BCUT2D eigenvalue weighted by Gasteiger charge is -2.10. The molecule has 0 aliphatic carbocycles. The SMILES string of the molecule is Nc1cc(S(=O)(=O)Nc2c(F)cccc2F)ccc1O. The molecule has 5 nitrogen and oxygen atoms in total. The molecule has 20 heavy (non-hydrogen) atoms. The Bertz CT molecular complexity index is 743. The molecule has 8 heteroatoms. The minimum atomic E-state index is -4.22. The van der Waals surface area contributed by atoms with Crippen LogP contribution < -0.4 is 10.5 Å². The molecule has 0 heterocycles. The molecule has 0 bridgehead atoms. The van der Waals surface area contributed by atoms with Crippen LogP contribution in [-0.2, 0) is 10.0 Å². The lowest BCUT2D eigenvalue weighted by Crippen LogP contribution is -2.15. The third-order valence-electron chi connectivity index (χ3n) is 2.51. The molecule has 0 amide bonds. The van der Waals surface area contributed by atoms with Crippen molar-refractivity contribution in [1.29, 1.82) is 0 Å². The molecule has 0 aliphatic heterocycles. The van der Waals surface area contributed by atoms with Gasteiger partial charge in [0.1, 0.15) is 23.1 Å². The van der Waals surface area contributed by atoms with E-state index in [1.165, 1.54) is 0 Å². The number of halogens is 2. The number of para-hydroxylation sites is 1. The fourth-order valence-electron chi connectivity index (χ4n) is 1.49. The maximum absolute atomic E-state index is 13.4. The van der Waals surface area contributed by atoms with E-state index < -0.39 is 27.3 Å². The Labute approximate surface area is 113 Å². The number of anilines is 2. The molecule has 0 atom stereocenters. The highest BCUT2D eigenvalue weighted by Gasteiger charge is 2.19. The number of hydrogen-bond donors (Lipinski definition) is 3. The van der Waals surface area contributed by atoms with Crippen LogP contribution in [0.15, 0.2) is 41.3 Å². The minimum Gasteiger partial charge on any atom is -0.506 e. The monoisotopic (exact) mass is 300 g/mol. The van der Waals surface area contributed by atoms with Crippen LogP contribution in [0.25, 0.3) is 0 Å². The second-order valence-corrected chi connectivity index (χ2v) is 5.61. The quantitative estimate of drug-likeness (QED) is 0.597. The summed E-state index contributed by atoms with van der Waals surface area (Å²) in [6.07, 6.45) is 0. The van der Waals surface area contributed by atoms with E-state index in [-0.39, 0.29) is 16.3 Å². The van der Waals surface area contributed by atoms with Crippen LogP contribution in [-0.4, -0.2) is 13.5 Å². The van der Waals surface area contributed by atoms with E-state index in [9.17, 15) is 22.3 Å². The number of nitrogens with one attached hydrogen (secondary N) is 1. The average molecular weight is 300 g/mol. The highest BCUT2D eigenvalue weighted by Crippen LogP contribution is 2.26. The molecule has 0 saturated carbocycles. The molecule has 0 radical (unpaired) electrons. The fraction of sp³-hybridized carbons (Fsp3) is 0. The predicted octanol–water partition coefficient (Wildman–Crippen LogP) is 2.05. The number of nitrogens with two attached hydrogens (primary N) is 1. The van der Waals surface area contributed by atoms with Gasteiger partial charge in [-0.2, -0.15) is 0 Å². The zero-order valence-corrected chi connectivity index (χ0v) is 10.8. The fourth-order valence-corrected chi connectivity index (χ4v) is 2.60. The summed E-state index contributed by atoms with van der Waals surface area (Å²) >= 11 is 0. The molecule has 0 fully saturated rings. The molecule has 0 spiro atoms. The van der Waals surface area contributed by atoms with Gasteiger partial charge in [-0.05, 0) is 30.3 Å². The van der Waals surface area contributed by atoms with Crippen molar-refractivity contribution in [2.75, 3.05) is 10.5 Å². The Kier molecular flexibility index (Phi) is 3.49. The number of rotatable bonds is 3. The first-order valence-corrected chi connectivity index (χ1v) is 6.85. The van der Waals surface area contributed by atoms with E-state index in [0.717, 1.165) is 36.4 Å². The number of nitrogen functional groups attached to an aromatic ring is 1. The molecular formula is C12H10F2N2O3S. The summed E-state index contributed by atoms with van der Waals surface area (Å²) < 4.78 is 52.6. The number of phenols is 1. The van der Waals surface area contributed by atoms with Crippen molar-refractivity contribution >= 4 is 21.4 Å². The van der Waals surface area contributed by atoms with Crippen molar-refractivity contribution in [2.24, 2.45) is 0 Å². The molecule has 106 valence electrons. The summed E-state index contributed by atoms with van der Waals surface area (Å²) in [5.74, 6) is -2.37. The van der Waals surface area contributed by atoms with Crippen molar-refractivity contribution in [2.45, 2.75) is 4.90 Å². The van der Waals surface area contributed by atoms with Crippen LogP contribution in [0.4, 0.5) is 20.2 Å². The average Bonchev–Trinajstić information content (AvgIpc) is 2.37. The molecule has 2 aromatic carbocycles. The maximum Gasteiger partial charge on any atom is 0.262 e. The summed E-state index contributed by atoms with van der Waals surface area (Å²) in [6.45, 7) is 0. The molecule has 0 saturated heterocycles. The van der Waals surface area contributed by atoms with Gasteiger partial charge in [0.25, 0.3) is 10.0 Å². The Balaban J connectivity index is 2.43. The van der Waals surface area contributed by atoms with E-state index in [0.29, 0.717) is 0 Å². The third-order valence-corrected chi connectivity index (χ3v) is 3.86. The van der Waals surface area contributed by atoms with Crippen molar-refractivity contribution in [3.8, 4) is 5.75 Å². The number of sulfonamides is 1. The van der Waals surface area contributed by atoms with Crippen molar-refractivity contribution < 1.29 is 22.3 Å². The molecular weight excluding hydrogens is 290 g/mol. The third kappa shape index (κ3) is 2.64. The molecule has 4 N–H and O–H groups in total. The normalized spacial score (nSPS) is 11.3. The van der Waals surface area contributed by atoms with E-state index in [4.69, 9.17) is 5.73 Å². The summed E-state index contributed by atoms with van der Waals surface area (Å²) in [5, 5.41) is 9.23. The Morgan fingerprint density at radius 2 is 1.70 bits per heavy atom. The van der Waals surface area contributed by atoms with Crippen LogP contribution in [0.2, 0.25) is 0 Å². The van der Waals surface area contributed by atoms with E-state index >= 15 is 0 Å². The minimum absolute atomic E-state index is 0.165. The summed E-state index contributed by atoms with van der Waals surface area (Å²) in [6, 6.07) is 6.07. The van der Waals surface area contributed by atoms with E-state index in [1.54, 1.807) is 4.72 Å². The molecule has 0 aromatic heterocycles. The van der Waals surface area contributed by atoms with Gasteiger partial charge in [-0.3, -0.25) is 4.72 Å². The number of benzene rings is 2. The van der Waals surface area contributed by atoms with Gasteiger partial charge in [0.2, 0.25) is 0 Å². The largest absolute Gasteiger partial charge is 0.506 e. The van der Waals surface area contributed by atoms with Crippen LogP contribution in [0.3, 0.4) is 0 Å². The molecule has 0 aliphatic rings. The van der Waals surface area contributed by atoms with Gasteiger partial charge in [0.05, 0.1) is 10.6 Å². The Hall–Kier alpha value is -2.35. The van der Waals surface area contributed by atoms with Crippen LogP contribution >= 0.6 is 0 Å². The lowest BCUT2D eigenvalue weighted by molar-refractivity contribution is 0.477. The standard InChI is InChI=1S/C12H10F2N2O3S/c13-8-2-1-3-9(14)12(8)16-20(18,19)7-4-5-11(17)10(15)6-7/h1-6,16-17H,15H2.